The lowest BCUT2D eigenvalue weighted by Crippen LogP contribution is -2.47. The molecule has 7 nitrogen and oxygen atoms in total. The molecule has 0 aromatic carbocycles. The maximum absolute atomic E-state index is 6.29. The van der Waals surface area contributed by atoms with E-state index in [4.69, 9.17) is 26.1 Å². The fourth-order valence-corrected chi connectivity index (χ4v) is 3.83. The van der Waals surface area contributed by atoms with Gasteiger partial charge in [-0.05, 0) is 25.5 Å². The van der Waals surface area contributed by atoms with E-state index in [0.29, 0.717) is 17.6 Å². The first-order chi connectivity index (χ1) is 13.2. The Morgan fingerprint density at radius 2 is 2.25 bits per heavy atom. The van der Waals surface area contributed by atoms with Crippen LogP contribution >= 0.6 is 35.6 Å². The summed E-state index contributed by atoms with van der Waals surface area (Å²) in [5.41, 5.74) is -0.218. The van der Waals surface area contributed by atoms with E-state index in [0.717, 1.165) is 63.9 Å². The van der Waals surface area contributed by atoms with Crippen LogP contribution in [0.5, 0.6) is 0 Å². The van der Waals surface area contributed by atoms with Gasteiger partial charge in [0.1, 0.15) is 5.82 Å². The Balaban J connectivity index is 0.00000280. The third-order valence-electron chi connectivity index (χ3n) is 5.27. The quantitative estimate of drug-likeness (QED) is 0.339. The monoisotopic (exact) mass is 523 g/mol. The first kappa shape index (κ1) is 23.4. The molecule has 1 atom stereocenters. The minimum Gasteiger partial charge on any atom is -0.381 e. The van der Waals surface area contributed by atoms with Gasteiger partial charge in [-0.15, -0.1) is 24.0 Å². The molecule has 1 aromatic rings. The molecule has 9 heteroatoms. The molecule has 3 heterocycles. The Hall–Kier alpha value is -0.840. The minimum absolute atomic E-state index is 0. The van der Waals surface area contributed by atoms with E-state index >= 15 is 0 Å². The standard InChI is InChI=1S/C19H30ClN5O2.HI/c1-3-21-18(23-14-19(26-2)7-11-27-12-8-19)24-15-6-10-25(13-15)17-16(20)5-4-9-22-17;/h4-5,9,15H,3,6-8,10-14H2,1-2H3,(H2,21,23,24);1H. The maximum atomic E-state index is 6.29. The Kier molecular flexibility index (Phi) is 9.52. The molecule has 0 spiro atoms. The Labute approximate surface area is 189 Å². The van der Waals surface area contributed by atoms with Gasteiger partial charge < -0.3 is 25.0 Å². The van der Waals surface area contributed by atoms with Gasteiger partial charge in [0.25, 0.3) is 0 Å². The van der Waals surface area contributed by atoms with Crippen molar-refractivity contribution in [3.05, 3.63) is 23.4 Å². The molecule has 158 valence electrons. The van der Waals surface area contributed by atoms with Crippen LogP contribution in [-0.4, -0.2) is 69.1 Å². The van der Waals surface area contributed by atoms with Gasteiger partial charge in [-0.2, -0.15) is 0 Å². The van der Waals surface area contributed by atoms with Gasteiger partial charge in [-0.25, -0.2) is 4.98 Å². The highest BCUT2D eigenvalue weighted by molar-refractivity contribution is 14.0. The van der Waals surface area contributed by atoms with Gasteiger partial charge in [0.05, 0.1) is 17.2 Å². The van der Waals surface area contributed by atoms with Crippen LogP contribution in [0, 0.1) is 0 Å². The van der Waals surface area contributed by atoms with Gasteiger partial charge in [0, 0.05) is 65.0 Å². The maximum Gasteiger partial charge on any atom is 0.191 e. The zero-order chi connectivity index (χ0) is 19.1. The highest BCUT2D eigenvalue weighted by atomic mass is 127. The third-order valence-corrected chi connectivity index (χ3v) is 5.57. The van der Waals surface area contributed by atoms with Crippen molar-refractivity contribution in [3.63, 3.8) is 0 Å². The molecule has 2 fully saturated rings. The van der Waals surface area contributed by atoms with Crippen LogP contribution in [0.4, 0.5) is 5.82 Å². The predicted octanol–water partition coefficient (Wildman–Crippen LogP) is 2.68. The lowest BCUT2D eigenvalue weighted by Gasteiger charge is -2.34. The topological polar surface area (TPSA) is 71.0 Å². The number of aliphatic imine (C=N–C) groups is 1. The molecule has 1 aromatic heterocycles. The van der Waals surface area contributed by atoms with E-state index < -0.39 is 0 Å². The zero-order valence-corrected chi connectivity index (χ0v) is 19.7. The molecule has 1 unspecified atom stereocenters. The third kappa shape index (κ3) is 6.08. The molecule has 0 radical (unpaired) electrons. The molecule has 28 heavy (non-hydrogen) atoms. The number of hydrogen-bond donors (Lipinski definition) is 2. The van der Waals surface area contributed by atoms with Crippen molar-refractivity contribution in [2.24, 2.45) is 4.99 Å². The summed E-state index contributed by atoms with van der Waals surface area (Å²) < 4.78 is 11.3. The average molecular weight is 524 g/mol. The van der Waals surface area contributed by atoms with Crippen molar-refractivity contribution < 1.29 is 9.47 Å². The summed E-state index contributed by atoms with van der Waals surface area (Å²) in [6.07, 6.45) is 4.55. The Morgan fingerprint density at radius 1 is 1.46 bits per heavy atom. The number of nitrogens with zero attached hydrogens (tertiary/aromatic N) is 3. The van der Waals surface area contributed by atoms with Crippen molar-refractivity contribution >= 4 is 47.4 Å². The summed E-state index contributed by atoms with van der Waals surface area (Å²) in [5, 5.41) is 7.60. The van der Waals surface area contributed by atoms with Crippen LogP contribution < -0.4 is 15.5 Å². The normalized spacial score (nSPS) is 21.9. The summed E-state index contributed by atoms with van der Waals surface area (Å²) in [6.45, 7) is 6.76. The zero-order valence-electron chi connectivity index (χ0n) is 16.6. The average Bonchev–Trinajstić information content (AvgIpc) is 3.16. The molecule has 0 aliphatic carbocycles. The highest BCUT2D eigenvalue weighted by Crippen LogP contribution is 2.26. The number of pyridine rings is 1. The number of ether oxygens (including phenoxy) is 2. The Bertz CT molecular complexity index is 643. The van der Waals surface area contributed by atoms with E-state index in [9.17, 15) is 0 Å². The number of guanidine groups is 1. The summed E-state index contributed by atoms with van der Waals surface area (Å²) in [7, 11) is 1.77. The molecule has 0 bridgehead atoms. The van der Waals surface area contributed by atoms with Gasteiger partial charge in [0.2, 0.25) is 0 Å². The van der Waals surface area contributed by atoms with E-state index in [1.54, 1.807) is 13.3 Å². The number of aromatic nitrogens is 1. The lowest BCUT2D eigenvalue weighted by atomic mass is 9.94. The first-order valence-corrected chi connectivity index (χ1v) is 10.1. The molecular weight excluding hydrogens is 493 g/mol. The number of halogens is 2. The second-order valence-electron chi connectivity index (χ2n) is 7.08. The number of nitrogens with one attached hydrogen (secondary N) is 2. The van der Waals surface area contributed by atoms with E-state index in [1.807, 2.05) is 12.1 Å². The van der Waals surface area contributed by atoms with Gasteiger partial charge >= 0.3 is 0 Å². The summed E-state index contributed by atoms with van der Waals surface area (Å²) >= 11 is 6.29. The Morgan fingerprint density at radius 3 is 2.93 bits per heavy atom. The lowest BCUT2D eigenvalue weighted by molar-refractivity contribution is -0.0828. The van der Waals surface area contributed by atoms with Crippen molar-refractivity contribution in [2.45, 2.75) is 37.8 Å². The molecule has 2 aliphatic rings. The van der Waals surface area contributed by atoms with E-state index in [2.05, 4.69) is 27.4 Å². The molecular formula is C19H31ClIN5O2. The van der Waals surface area contributed by atoms with Crippen LogP contribution in [0.3, 0.4) is 0 Å². The molecule has 0 amide bonds. The van der Waals surface area contributed by atoms with E-state index in [-0.39, 0.29) is 29.6 Å². The molecule has 3 rings (SSSR count). The second-order valence-corrected chi connectivity index (χ2v) is 7.49. The van der Waals surface area contributed by atoms with Gasteiger partial charge in [-0.1, -0.05) is 11.6 Å². The van der Waals surface area contributed by atoms with Gasteiger partial charge in [-0.3, -0.25) is 4.99 Å². The minimum atomic E-state index is -0.218. The van der Waals surface area contributed by atoms with Crippen molar-refractivity contribution in [2.75, 3.05) is 51.4 Å². The summed E-state index contributed by atoms with van der Waals surface area (Å²) in [5.74, 6) is 1.69. The number of methoxy groups -OCH3 is 1. The predicted molar refractivity (Wildman–Crippen MR) is 124 cm³/mol. The smallest absolute Gasteiger partial charge is 0.191 e. The fourth-order valence-electron chi connectivity index (χ4n) is 3.59. The largest absolute Gasteiger partial charge is 0.381 e. The van der Waals surface area contributed by atoms with Crippen LogP contribution in [0.25, 0.3) is 0 Å². The molecule has 2 saturated heterocycles. The van der Waals surface area contributed by atoms with Gasteiger partial charge in [0.15, 0.2) is 5.96 Å². The number of anilines is 1. The number of rotatable bonds is 6. The van der Waals surface area contributed by atoms with Crippen molar-refractivity contribution in [1.82, 2.24) is 15.6 Å². The summed E-state index contributed by atoms with van der Waals surface area (Å²) in [4.78, 5) is 11.5. The number of hydrogen-bond acceptors (Lipinski definition) is 5. The van der Waals surface area contributed by atoms with Crippen LogP contribution in [0.1, 0.15) is 26.2 Å². The second kappa shape index (κ2) is 11.4. The van der Waals surface area contributed by atoms with Crippen LogP contribution in [0.15, 0.2) is 23.3 Å². The summed E-state index contributed by atoms with van der Waals surface area (Å²) in [6, 6.07) is 4.04. The van der Waals surface area contributed by atoms with E-state index in [1.165, 1.54) is 0 Å². The fraction of sp³-hybridized carbons (Fsp3) is 0.684. The first-order valence-electron chi connectivity index (χ1n) is 9.69. The van der Waals surface area contributed by atoms with Crippen LogP contribution in [-0.2, 0) is 9.47 Å². The SMILES string of the molecule is CCNC(=NCC1(OC)CCOCC1)NC1CCN(c2ncccc2Cl)C1.I. The van der Waals surface area contributed by atoms with Crippen molar-refractivity contribution in [3.8, 4) is 0 Å². The van der Waals surface area contributed by atoms with Crippen molar-refractivity contribution in [1.29, 1.82) is 0 Å². The highest BCUT2D eigenvalue weighted by Gasteiger charge is 2.32. The molecule has 2 N–H and O–H groups in total. The van der Waals surface area contributed by atoms with Crippen LogP contribution in [0.2, 0.25) is 5.02 Å². The molecule has 2 aliphatic heterocycles. The molecule has 0 saturated carbocycles.